The molecule has 108 valence electrons. The Kier molecular flexibility index (Phi) is 3.69. The number of aryl methyl sites for hydroxylation is 1. The largest absolute Gasteiger partial charge is 0.388 e. The lowest BCUT2D eigenvalue weighted by molar-refractivity contribution is 0.168. The molecule has 0 aliphatic carbocycles. The van der Waals surface area contributed by atoms with Crippen molar-refractivity contribution in [3.63, 3.8) is 0 Å². The predicted molar refractivity (Wildman–Crippen MR) is 79.4 cm³/mol. The maximum atomic E-state index is 14.0. The maximum absolute atomic E-state index is 14.0. The van der Waals surface area contributed by atoms with Crippen molar-refractivity contribution in [2.24, 2.45) is 0 Å². The van der Waals surface area contributed by atoms with Gasteiger partial charge in [-0.15, -0.1) is 11.3 Å². The summed E-state index contributed by atoms with van der Waals surface area (Å²) < 4.78 is 28.8. The van der Waals surface area contributed by atoms with Gasteiger partial charge in [-0.1, -0.05) is 18.2 Å². The molecule has 0 aliphatic rings. The first kappa shape index (κ1) is 14.1. The van der Waals surface area contributed by atoms with Crippen molar-refractivity contribution in [1.29, 1.82) is 0 Å². The quantitative estimate of drug-likeness (QED) is 0.788. The Labute approximate surface area is 124 Å². The second kappa shape index (κ2) is 5.50. The smallest absolute Gasteiger partial charge is 0.134 e. The fourth-order valence-corrected chi connectivity index (χ4v) is 3.26. The highest BCUT2D eigenvalue weighted by molar-refractivity contribution is 7.18. The normalized spacial score (nSPS) is 12.8. The number of nitrogens with zero attached hydrogens (tertiary/aromatic N) is 1. The third kappa shape index (κ3) is 2.66. The summed E-state index contributed by atoms with van der Waals surface area (Å²) in [6.07, 6.45) is -1.15. The monoisotopic (exact) mass is 305 g/mol. The van der Waals surface area contributed by atoms with Crippen LogP contribution in [0.1, 0.15) is 22.2 Å². The number of halogens is 2. The molecule has 0 saturated carbocycles. The molecular formula is C16H13F2NOS. The van der Waals surface area contributed by atoms with Gasteiger partial charge in [-0.05, 0) is 30.7 Å². The van der Waals surface area contributed by atoms with Crippen molar-refractivity contribution in [3.05, 3.63) is 64.2 Å². The number of thiazole rings is 1. The van der Waals surface area contributed by atoms with Gasteiger partial charge in [0.05, 0.1) is 26.9 Å². The molecule has 3 aromatic rings. The van der Waals surface area contributed by atoms with E-state index in [1.54, 1.807) is 6.92 Å². The molecule has 1 atom stereocenters. The zero-order valence-corrected chi connectivity index (χ0v) is 12.1. The molecule has 0 fully saturated rings. The third-order valence-electron chi connectivity index (χ3n) is 3.36. The van der Waals surface area contributed by atoms with Crippen LogP contribution < -0.4 is 0 Å². The van der Waals surface area contributed by atoms with Crippen molar-refractivity contribution in [2.45, 2.75) is 19.4 Å². The minimum atomic E-state index is -1.24. The molecule has 2 aromatic carbocycles. The minimum absolute atomic E-state index is 0.0939. The molecule has 1 aromatic heterocycles. The van der Waals surface area contributed by atoms with Gasteiger partial charge in [0.1, 0.15) is 11.6 Å². The number of rotatable bonds is 3. The van der Waals surface area contributed by atoms with E-state index in [-0.39, 0.29) is 12.0 Å². The summed E-state index contributed by atoms with van der Waals surface area (Å²) in [6.45, 7) is 1.54. The number of hydrogen-bond donors (Lipinski definition) is 1. The number of aliphatic hydroxyl groups excluding tert-OH is 1. The second-order valence-electron chi connectivity index (χ2n) is 4.89. The summed E-state index contributed by atoms with van der Waals surface area (Å²) >= 11 is 1.42. The van der Waals surface area contributed by atoms with Crippen LogP contribution >= 0.6 is 11.3 Å². The SMILES string of the molecule is Cc1ccc(F)c(C(O)Cc2nc3ccccc3s2)c1F. The van der Waals surface area contributed by atoms with Gasteiger partial charge in [0.2, 0.25) is 0 Å². The van der Waals surface area contributed by atoms with Crippen molar-refractivity contribution in [3.8, 4) is 0 Å². The summed E-state index contributed by atoms with van der Waals surface area (Å²) in [4.78, 5) is 4.37. The van der Waals surface area contributed by atoms with Gasteiger partial charge in [-0.3, -0.25) is 0 Å². The van der Waals surface area contributed by atoms with E-state index in [0.717, 1.165) is 10.2 Å². The number of fused-ring (bicyclic) bond motifs is 1. The number of aromatic nitrogens is 1. The second-order valence-corrected chi connectivity index (χ2v) is 6.00. The van der Waals surface area contributed by atoms with Gasteiger partial charge in [0.15, 0.2) is 0 Å². The maximum Gasteiger partial charge on any atom is 0.134 e. The van der Waals surface area contributed by atoms with E-state index in [4.69, 9.17) is 0 Å². The molecule has 0 bridgehead atoms. The lowest BCUT2D eigenvalue weighted by Crippen LogP contribution is -2.08. The molecule has 1 N–H and O–H groups in total. The average Bonchev–Trinajstić information content (AvgIpc) is 2.85. The zero-order valence-electron chi connectivity index (χ0n) is 11.3. The molecule has 0 radical (unpaired) electrons. The first-order valence-corrected chi connectivity index (χ1v) is 7.35. The van der Waals surface area contributed by atoms with E-state index in [1.165, 1.54) is 23.5 Å². The van der Waals surface area contributed by atoms with Crippen LogP contribution in [-0.2, 0) is 6.42 Å². The van der Waals surface area contributed by atoms with Gasteiger partial charge in [0, 0.05) is 6.42 Å². The predicted octanol–water partition coefficient (Wildman–Crippen LogP) is 4.16. The van der Waals surface area contributed by atoms with Crippen LogP contribution in [0, 0.1) is 18.6 Å². The van der Waals surface area contributed by atoms with E-state index < -0.39 is 17.7 Å². The summed E-state index contributed by atoms with van der Waals surface area (Å²) in [5, 5.41) is 10.8. The summed E-state index contributed by atoms with van der Waals surface area (Å²) in [7, 11) is 0. The van der Waals surface area contributed by atoms with Gasteiger partial charge < -0.3 is 5.11 Å². The van der Waals surface area contributed by atoms with Crippen molar-refractivity contribution >= 4 is 21.6 Å². The number of benzene rings is 2. The topological polar surface area (TPSA) is 33.1 Å². The fourth-order valence-electron chi connectivity index (χ4n) is 2.26. The lowest BCUT2D eigenvalue weighted by atomic mass is 10.0. The van der Waals surface area contributed by atoms with Gasteiger partial charge in [-0.2, -0.15) is 0 Å². The van der Waals surface area contributed by atoms with Crippen LogP contribution in [0.4, 0.5) is 8.78 Å². The number of aliphatic hydroxyl groups is 1. The molecule has 1 unspecified atom stereocenters. The van der Waals surface area contributed by atoms with Gasteiger partial charge in [-0.25, -0.2) is 13.8 Å². The molecule has 1 heterocycles. The molecule has 0 aliphatic heterocycles. The highest BCUT2D eigenvalue weighted by Crippen LogP contribution is 2.29. The Morgan fingerprint density at radius 2 is 1.95 bits per heavy atom. The number of para-hydroxylation sites is 1. The zero-order chi connectivity index (χ0) is 15.0. The van der Waals surface area contributed by atoms with Crippen LogP contribution in [0.15, 0.2) is 36.4 Å². The molecule has 5 heteroatoms. The average molecular weight is 305 g/mol. The highest BCUT2D eigenvalue weighted by Gasteiger charge is 2.21. The molecule has 3 rings (SSSR count). The molecule has 0 saturated heterocycles. The third-order valence-corrected chi connectivity index (χ3v) is 4.42. The number of hydrogen-bond acceptors (Lipinski definition) is 3. The molecule has 2 nitrogen and oxygen atoms in total. The lowest BCUT2D eigenvalue weighted by Gasteiger charge is -2.12. The van der Waals surface area contributed by atoms with E-state index >= 15 is 0 Å². The standard InChI is InChI=1S/C16H13F2NOS/c1-9-6-7-10(17)15(16(9)18)12(20)8-14-19-11-4-2-3-5-13(11)21-14/h2-7,12,20H,8H2,1H3. The van der Waals surface area contributed by atoms with E-state index in [1.807, 2.05) is 24.3 Å². The van der Waals surface area contributed by atoms with Crippen LogP contribution in [0.5, 0.6) is 0 Å². The van der Waals surface area contributed by atoms with Crippen molar-refractivity contribution in [1.82, 2.24) is 4.98 Å². The summed E-state index contributed by atoms with van der Waals surface area (Å²) in [6, 6.07) is 10.1. The Morgan fingerprint density at radius 3 is 2.71 bits per heavy atom. The Balaban J connectivity index is 1.93. The van der Waals surface area contributed by atoms with Crippen LogP contribution in [0.2, 0.25) is 0 Å². The molecule has 21 heavy (non-hydrogen) atoms. The van der Waals surface area contributed by atoms with Gasteiger partial charge >= 0.3 is 0 Å². The van der Waals surface area contributed by atoms with Gasteiger partial charge in [0.25, 0.3) is 0 Å². The Morgan fingerprint density at radius 1 is 1.19 bits per heavy atom. The van der Waals surface area contributed by atoms with Crippen molar-refractivity contribution < 1.29 is 13.9 Å². The highest BCUT2D eigenvalue weighted by atomic mass is 32.1. The van der Waals surface area contributed by atoms with E-state index in [2.05, 4.69) is 4.98 Å². The van der Waals surface area contributed by atoms with E-state index in [9.17, 15) is 13.9 Å². The first-order valence-electron chi connectivity index (χ1n) is 6.53. The molecular weight excluding hydrogens is 292 g/mol. The van der Waals surface area contributed by atoms with E-state index in [0.29, 0.717) is 10.6 Å². The molecule has 0 amide bonds. The Hall–Kier alpha value is -1.85. The Bertz CT molecular complexity index is 767. The van der Waals surface area contributed by atoms with Crippen LogP contribution in [0.3, 0.4) is 0 Å². The van der Waals surface area contributed by atoms with Crippen molar-refractivity contribution in [2.75, 3.05) is 0 Å². The first-order chi connectivity index (χ1) is 10.1. The van der Waals surface area contributed by atoms with Crippen LogP contribution in [-0.4, -0.2) is 10.1 Å². The fraction of sp³-hybridized carbons (Fsp3) is 0.188. The summed E-state index contributed by atoms with van der Waals surface area (Å²) in [5.74, 6) is -1.42. The molecule has 0 spiro atoms. The minimum Gasteiger partial charge on any atom is -0.388 e. The van der Waals surface area contributed by atoms with Crippen LogP contribution in [0.25, 0.3) is 10.2 Å². The summed E-state index contributed by atoms with van der Waals surface area (Å²) in [5.41, 5.74) is 0.860.